The lowest BCUT2D eigenvalue weighted by molar-refractivity contribution is -0.388. The highest BCUT2D eigenvalue weighted by Gasteiger charge is 2.81. The first-order valence-electron chi connectivity index (χ1n) is 23.9. The molecule has 0 aromatic rings. The maximum Gasteiger partial charge on any atom is 0.187 e. The van der Waals surface area contributed by atoms with Gasteiger partial charge < -0.3 is 83.9 Å². The van der Waals surface area contributed by atoms with Crippen LogP contribution in [0.15, 0.2) is 11.6 Å². The third kappa shape index (κ3) is 7.19. The quantitative estimate of drug-likeness (QED) is 0.122. The number of hydrogen-bond donors (Lipinski definition) is 9. The van der Waals surface area contributed by atoms with Gasteiger partial charge in [0.15, 0.2) is 24.7 Å². The fraction of sp³-hybridized carbons (Fsp3) is 0.957. The van der Waals surface area contributed by atoms with Crippen LogP contribution in [0.4, 0.5) is 0 Å². The molecule has 9 N–H and O–H groups in total. The van der Waals surface area contributed by atoms with Crippen LogP contribution in [0.3, 0.4) is 0 Å². The van der Waals surface area contributed by atoms with Crippen molar-refractivity contribution in [2.45, 2.75) is 216 Å². The minimum Gasteiger partial charge on any atom is -0.394 e. The SMILES string of the molecule is CC(C)=C[C@H]1CC(C)(O)C2C3CC[C@@H]4[C@@]5(C)CC[C@H](O[C@@H]6OC[C@@H](O)[C@@H](O[C@@H]7O[C@H](CO)[C@@H](O)[C@H](O)[C@H]7O)[C@@H]6O[C@H]6O[C@H](C)[C@@H](O)[C@H](O)[C@H]6O)C(C)(C)C5CC[C@@]4(C)[C@@]34CO[C@@]2(C4)O1. The first kappa shape index (κ1) is 48.1. The Kier molecular flexibility index (Phi) is 12.5. The molecular formula is C47H76O17. The Balaban J connectivity index is 0.974. The molecule has 2 bridgehead atoms. The molecule has 0 radical (unpaired) electrons. The van der Waals surface area contributed by atoms with Crippen molar-refractivity contribution in [3.05, 3.63) is 11.6 Å². The van der Waals surface area contributed by atoms with Gasteiger partial charge in [-0.05, 0) is 100 Å². The molecule has 5 heterocycles. The summed E-state index contributed by atoms with van der Waals surface area (Å²) in [6.07, 6.45) is -12.6. The van der Waals surface area contributed by atoms with Gasteiger partial charge in [0.05, 0.1) is 43.7 Å². The molecule has 0 amide bonds. The van der Waals surface area contributed by atoms with Gasteiger partial charge in [0, 0.05) is 24.2 Å². The molecule has 4 aliphatic carbocycles. The minimum absolute atomic E-state index is 0.0656. The maximum absolute atomic E-state index is 12.2. The van der Waals surface area contributed by atoms with Crippen LogP contribution in [-0.4, -0.2) is 175 Å². The fourth-order valence-corrected chi connectivity index (χ4v) is 15.8. The predicted octanol–water partition coefficient (Wildman–Crippen LogP) is 0.994. The monoisotopic (exact) mass is 913 g/mol. The summed E-state index contributed by atoms with van der Waals surface area (Å²) in [6.45, 7) is 16.7. The zero-order chi connectivity index (χ0) is 46.3. The van der Waals surface area contributed by atoms with Gasteiger partial charge >= 0.3 is 0 Å². The van der Waals surface area contributed by atoms with Gasteiger partial charge in [0.2, 0.25) is 0 Å². The average Bonchev–Trinajstić information content (AvgIpc) is 3.74. The molecule has 4 saturated carbocycles. The van der Waals surface area contributed by atoms with Gasteiger partial charge in [-0.15, -0.1) is 0 Å². The van der Waals surface area contributed by atoms with E-state index in [1.807, 2.05) is 6.92 Å². The van der Waals surface area contributed by atoms with Crippen molar-refractivity contribution < 1.29 is 83.9 Å². The van der Waals surface area contributed by atoms with Crippen LogP contribution in [0.5, 0.6) is 0 Å². The van der Waals surface area contributed by atoms with E-state index >= 15 is 0 Å². The molecule has 17 heteroatoms. The number of fused-ring (bicyclic) bond motifs is 4. The third-order valence-corrected chi connectivity index (χ3v) is 18.7. The third-order valence-electron chi connectivity index (χ3n) is 18.7. The van der Waals surface area contributed by atoms with Crippen LogP contribution in [0.1, 0.15) is 107 Å². The van der Waals surface area contributed by atoms with E-state index < -0.39 is 116 Å². The van der Waals surface area contributed by atoms with E-state index in [1.165, 1.54) is 6.92 Å². The molecule has 0 aromatic carbocycles. The van der Waals surface area contributed by atoms with Crippen molar-refractivity contribution in [1.29, 1.82) is 0 Å². The smallest absolute Gasteiger partial charge is 0.187 e. The molecular weight excluding hydrogens is 836 g/mol. The second-order valence-electron chi connectivity index (χ2n) is 23.0. The number of aliphatic hydroxyl groups excluding tert-OH is 8. The number of rotatable bonds is 8. The summed E-state index contributed by atoms with van der Waals surface area (Å²) in [4.78, 5) is 0. The number of allylic oxidation sites excluding steroid dienone is 1. The van der Waals surface area contributed by atoms with E-state index in [0.29, 0.717) is 25.4 Å². The van der Waals surface area contributed by atoms with Crippen molar-refractivity contribution in [3.8, 4) is 0 Å². The first-order chi connectivity index (χ1) is 29.9. The molecule has 5 aliphatic heterocycles. The van der Waals surface area contributed by atoms with Gasteiger partial charge in [-0.2, -0.15) is 0 Å². The highest BCUT2D eigenvalue weighted by atomic mass is 16.8. The van der Waals surface area contributed by atoms with Crippen LogP contribution in [-0.2, 0) is 37.9 Å². The van der Waals surface area contributed by atoms with E-state index in [-0.39, 0.29) is 46.7 Å². The molecule has 64 heavy (non-hydrogen) atoms. The molecule has 4 unspecified atom stereocenters. The minimum atomic E-state index is -1.79. The van der Waals surface area contributed by atoms with Gasteiger partial charge in [0.25, 0.3) is 0 Å². The molecule has 366 valence electrons. The van der Waals surface area contributed by atoms with Crippen molar-refractivity contribution >= 4 is 0 Å². The maximum atomic E-state index is 12.2. The summed E-state index contributed by atoms with van der Waals surface area (Å²) in [5.41, 5.74) is -0.471. The normalized spacial score (nSPS) is 57.8. The summed E-state index contributed by atoms with van der Waals surface area (Å²) in [7, 11) is 0. The average molecular weight is 913 g/mol. The topological polar surface area (TPSA) is 256 Å². The van der Waals surface area contributed by atoms with Crippen LogP contribution < -0.4 is 0 Å². The zero-order valence-electron chi connectivity index (χ0n) is 38.7. The first-order valence-corrected chi connectivity index (χ1v) is 23.9. The summed E-state index contributed by atoms with van der Waals surface area (Å²) in [6, 6.07) is 0. The lowest BCUT2D eigenvalue weighted by atomic mass is 9.35. The Morgan fingerprint density at radius 1 is 0.734 bits per heavy atom. The summed E-state index contributed by atoms with van der Waals surface area (Å²) < 4.78 is 51.0. The van der Waals surface area contributed by atoms with Crippen LogP contribution in [0.25, 0.3) is 0 Å². The molecule has 25 atom stereocenters. The summed E-state index contributed by atoms with van der Waals surface area (Å²) in [5.74, 6) is -0.0364. The second-order valence-corrected chi connectivity index (χ2v) is 23.0. The molecule has 9 fully saturated rings. The highest BCUT2D eigenvalue weighted by Crippen LogP contribution is 2.80. The van der Waals surface area contributed by atoms with E-state index in [2.05, 4.69) is 47.6 Å². The largest absolute Gasteiger partial charge is 0.394 e. The highest BCUT2D eigenvalue weighted by molar-refractivity contribution is 5.26. The van der Waals surface area contributed by atoms with Gasteiger partial charge in [-0.3, -0.25) is 0 Å². The summed E-state index contributed by atoms with van der Waals surface area (Å²) in [5, 5.41) is 97.7. The lowest BCUT2D eigenvalue weighted by Crippen LogP contribution is -2.68. The molecule has 9 rings (SSSR count). The van der Waals surface area contributed by atoms with E-state index in [4.69, 9.17) is 37.9 Å². The van der Waals surface area contributed by atoms with E-state index in [9.17, 15) is 46.0 Å². The standard InChI is InChI=1S/C47H76O17/c1-21(2)15-23-16-45(8,56)38-24-9-10-28-43(6)13-12-29(42(4,5)27(43)11-14-44(28,7)46(24)19-47(38,64-23)58-20-46)61-41-37(63-39-34(54)32(52)30(50)22(3)59-39)36(25(49)18-57-41)62-40-35(55)33(53)31(51)26(17-48)60-40/h15,22-41,48-56H,9-14,16-20H2,1-8H3/t22-,23+,24?,25-,26-,27?,28-,29+,30-,31-,32+,33+,34-,35-,36-,37+,38?,39-,40+,41+,43+,44-,45?,46+,47+/m1/s1. The van der Waals surface area contributed by atoms with Crippen LogP contribution >= 0.6 is 0 Å². The fourth-order valence-electron chi connectivity index (χ4n) is 15.8. The zero-order valence-corrected chi connectivity index (χ0v) is 38.7. The Labute approximate surface area is 376 Å². The second kappa shape index (κ2) is 16.6. The Morgan fingerprint density at radius 3 is 2.09 bits per heavy atom. The number of ether oxygens (including phenoxy) is 8. The van der Waals surface area contributed by atoms with Crippen molar-refractivity contribution in [2.75, 3.05) is 19.8 Å². The Morgan fingerprint density at radius 2 is 1.41 bits per heavy atom. The number of aliphatic hydroxyl groups is 9. The Hall–Kier alpha value is -0.940. The lowest BCUT2D eigenvalue weighted by Gasteiger charge is -2.70. The van der Waals surface area contributed by atoms with Crippen molar-refractivity contribution in [3.63, 3.8) is 0 Å². The van der Waals surface area contributed by atoms with Crippen LogP contribution in [0, 0.1) is 45.3 Å². The number of hydrogen-bond acceptors (Lipinski definition) is 17. The van der Waals surface area contributed by atoms with Gasteiger partial charge in [-0.25, -0.2) is 0 Å². The predicted molar refractivity (Wildman–Crippen MR) is 223 cm³/mol. The van der Waals surface area contributed by atoms with E-state index in [1.54, 1.807) is 0 Å². The summed E-state index contributed by atoms with van der Waals surface area (Å²) >= 11 is 0. The molecule has 0 aromatic heterocycles. The Bertz CT molecular complexity index is 1740. The van der Waals surface area contributed by atoms with Gasteiger partial charge in [-0.1, -0.05) is 39.3 Å². The van der Waals surface area contributed by atoms with Crippen molar-refractivity contribution in [1.82, 2.24) is 0 Å². The molecule has 2 spiro atoms. The van der Waals surface area contributed by atoms with Crippen molar-refractivity contribution in [2.24, 2.45) is 45.3 Å². The molecule has 9 aliphatic rings. The molecule has 5 saturated heterocycles. The molecule has 17 nitrogen and oxygen atoms in total. The van der Waals surface area contributed by atoms with Gasteiger partial charge in [0.1, 0.15) is 61.0 Å². The van der Waals surface area contributed by atoms with E-state index in [0.717, 1.165) is 44.1 Å². The van der Waals surface area contributed by atoms with Crippen LogP contribution in [0.2, 0.25) is 0 Å².